The standard InChI is InChI=1S/C25H28Cl2O5/c1-13-6-5-7-14(2)10-15-17(28)11-16-19(20(15)29)22(31)24(27)12-18(26)23(3,4)32-25(24,9-8-13)21(16)30/h7-8,11,18,28-29H,5-6,9-10,12H2,1-4H3/b13-8+,14-7-/t18-,24+,25+/m1/s1. The van der Waals surface area contributed by atoms with Gasteiger partial charge in [-0.2, -0.15) is 0 Å². The first-order valence-corrected chi connectivity index (χ1v) is 11.7. The topological polar surface area (TPSA) is 83.8 Å². The van der Waals surface area contributed by atoms with Gasteiger partial charge in [-0.1, -0.05) is 23.3 Å². The van der Waals surface area contributed by atoms with Crippen LogP contribution in [0.4, 0.5) is 0 Å². The number of fused-ring (bicyclic) bond motifs is 1. The lowest BCUT2D eigenvalue weighted by Gasteiger charge is -2.56. The zero-order valence-electron chi connectivity index (χ0n) is 18.7. The molecule has 7 heteroatoms. The number of hydrogen-bond acceptors (Lipinski definition) is 5. The number of Topliss-reactive ketones (excluding diaryl/α,β-unsaturated/α-hetero) is 2. The van der Waals surface area contributed by atoms with Gasteiger partial charge in [0.1, 0.15) is 16.4 Å². The first-order chi connectivity index (χ1) is 14.8. The minimum Gasteiger partial charge on any atom is -0.507 e. The Bertz CT molecular complexity index is 1090. The van der Waals surface area contributed by atoms with Gasteiger partial charge in [0.25, 0.3) is 0 Å². The molecule has 4 bridgehead atoms. The van der Waals surface area contributed by atoms with Crippen LogP contribution in [0.2, 0.25) is 0 Å². The summed E-state index contributed by atoms with van der Waals surface area (Å²) in [6, 6.07) is 1.27. The number of alkyl halides is 2. The maximum Gasteiger partial charge on any atom is 0.198 e. The van der Waals surface area contributed by atoms with Crippen LogP contribution >= 0.6 is 23.2 Å². The van der Waals surface area contributed by atoms with Crippen molar-refractivity contribution >= 4 is 34.8 Å². The molecule has 0 amide bonds. The molecule has 5 aliphatic rings. The van der Waals surface area contributed by atoms with Gasteiger partial charge in [0.05, 0.1) is 16.5 Å². The van der Waals surface area contributed by atoms with Gasteiger partial charge in [0, 0.05) is 24.0 Å². The number of carbonyl (C=O) groups is 2. The van der Waals surface area contributed by atoms with Gasteiger partial charge in [-0.05, 0) is 53.0 Å². The molecule has 1 heterocycles. The Hall–Kier alpha value is -1.82. The molecule has 0 saturated carbocycles. The first-order valence-electron chi connectivity index (χ1n) is 10.9. The van der Waals surface area contributed by atoms with Crippen molar-refractivity contribution in [1.82, 2.24) is 0 Å². The molecule has 1 aromatic carbocycles. The second-order valence-electron chi connectivity index (χ2n) is 9.83. The summed E-state index contributed by atoms with van der Waals surface area (Å²) in [6.07, 6.45) is 5.82. The van der Waals surface area contributed by atoms with Crippen LogP contribution in [0.1, 0.15) is 79.7 Å². The summed E-state index contributed by atoms with van der Waals surface area (Å²) in [5.74, 6) is -1.76. The van der Waals surface area contributed by atoms with Crippen molar-refractivity contribution in [2.45, 2.75) is 81.3 Å². The molecular formula is C25H28Cl2O5. The van der Waals surface area contributed by atoms with E-state index in [2.05, 4.69) is 0 Å². The third-order valence-corrected chi connectivity index (χ3v) is 8.41. The monoisotopic (exact) mass is 478 g/mol. The smallest absolute Gasteiger partial charge is 0.198 e. The highest BCUT2D eigenvalue weighted by Crippen LogP contribution is 2.57. The Balaban J connectivity index is 2.06. The van der Waals surface area contributed by atoms with Gasteiger partial charge >= 0.3 is 0 Å². The normalized spacial score (nSPS) is 35.5. The van der Waals surface area contributed by atoms with Gasteiger partial charge in [0.15, 0.2) is 17.2 Å². The van der Waals surface area contributed by atoms with Gasteiger partial charge in [-0.15, -0.1) is 23.2 Å². The van der Waals surface area contributed by atoms with E-state index < -0.39 is 38.8 Å². The molecule has 1 fully saturated rings. The van der Waals surface area contributed by atoms with E-state index in [1.165, 1.54) is 6.07 Å². The lowest BCUT2D eigenvalue weighted by molar-refractivity contribution is -0.157. The van der Waals surface area contributed by atoms with E-state index in [9.17, 15) is 19.8 Å². The minimum absolute atomic E-state index is 0.00852. The van der Waals surface area contributed by atoms with Crippen molar-refractivity contribution in [2.75, 3.05) is 0 Å². The fourth-order valence-corrected chi connectivity index (χ4v) is 5.87. The number of hydrogen-bond donors (Lipinski definition) is 2. The molecule has 2 N–H and O–H groups in total. The Morgan fingerprint density at radius 3 is 2.47 bits per heavy atom. The maximum absolute atomic E-state index is 14.0. The lowest BCUT2D eigenvalue weighted by Crippen LogP contribution is -2.72. The molecule has 0 unspecified atom stereocenters. The molecule has 1 aromatic rings. The molecule has 5 nitrogen and oxygen atoms in total. The quantitative estimate of drug-likeness (QED) is 0.373. The number of carbonyl (C=O) groups excluding carboxylic acids is 2. The van der Waals surface area contributed by atoms with Gasteiger partial charge in [0.2, 0.25) is 0 Å². The fraction of sp³-hybridized carbons (Fsp3) is 0.520. The third kappa shape index (κ3) is 3.24. The van der Waals surface area contributed by atoms with Gasteiger partial charge in [-0.3, -0.25) is 9.59 Å². The third-order valence-electron chi connectivity index (χ3n) is 7.10. The van der Waals surface area contributed by atoms with Crippen LogP contribution in [-0.4, -0.2) is 43.2 Å². The van der Waals surface area contributed by atoms with Crippen molar-refractivity contribution in [1.29, 1.82) is 0 Å². The Kier molecular flexibility index (Phi) is 5.55. The van der Waals surface area contributed by atoms with E-state index in [0.717, 1.165) is 24.0 Å². The van der Waals surface area contributed by atoms with Gasteiger partial charge in [-0.25, -0.2) is 0 Å². The fourth-order valence-electron chi connectivity index (χ4n) is 5.06. The van der Waals surface area contributed by atoms with E-state index in [1.54, 1.807) is 13.8 Å². The largest absolute Gasteiger partial charge is 0.507 e. The van der Waals surface area contributed by atoms with Crippen LogP contribution in [-0.2, 0) is 11.2 Å². The lowest BCUT2D eigenvalue weighted by atomic mass is 9.63. The van der Waals surface area contributed by atoms with E-state index in [4.69, 9.17) is 27.9 Å². The first kappa shape index (κ1) is 23.3. The Morgan fingerprint density at radius 2 is 1.78 bits per heavy atom. The minimum atomic E-state index is -1.78. The molecule has 4 aliphatic carbocycles. The molecule has 1 saturated heterocycles. The summed E-state index contributed by atoms with van der Waals surface area (Å²) in [5.41, 5.74) is -0.664. The summed E-state index contributed by atoms with van der Waals surface area (Å²) >= 11 is 13.6. The number of ketones is 2. The molecule has 3 atom stereocenters. The summed E-state index contributed by atoms with van der Waals surface area (Å²) in [7, 11) is 0. The molecule has 1 spiro atoms. The van der Waals surface area contributed by atoms with Crippen molar-refractivity contribution in [2.24, 2.45) is 0 Å². The number of aromatic hydroxyl groups is 2. The van der Waals surface area contributed by atoms with E-state index >= 15 is 0 Å². The zero-order chi connectivity index (χ0) is 23.6. The SMILES string of the molecule is C/C1=C/CC/C(C)=C/C[C@@]23OC(C)(C)[C@H](Cl)C[C@]2(Cl)C(=O)c2c(cc(O)c(c2O)C1)C3=O. The Morgan fingerprint density at radius 1 is 1.09 bits per heavy atom. The van der Waals surface area contributed by atoms with Crippen molar-refractivity contribution in [3.63, 3.8) is 0 Å². The summed E-state index contributed by atoms with van der Waals surface area (Å²) in [5, 5.41) is 21.1. The predicted octanol–water partition coefficient (Wildman–Crippen LogP) is 5.62. The number of phenolic OH excluding ortho intramolecular Hbond substituents is 2. The van der Waals surface area contributed by atoms with Crippen LogP contribution in [0.25, 0.3) is 0 Å². The summed E-state index contributed by atoms with van der Waals surface area (Å²) < 4.78 is 6.36. The molecule has 1 aliphatic heterocycles. The van der Waals surface area contributed by atoms with E-state index in [0.29, 0.717) is 0 Å². The van der Waals surface area contributed by atoms with Crippen molar-refractivity contribution in [3.8, 4) is 11.5 Å². The predicted molar refractivity (Wildman–Crippen MR) is 124 cm³/mol. The molecule has 0 radical (unpaired) electrons. The summed E-state index contributed by atoms with van der Waals surface area (Å²) in [4.78, 5) is 26.1. The Labute approximate surface area is 198 Å². The molecule has 32 heavy (non-hydrogen) atoms. The molecular weight excluding hydrogens is 451 g/mol. The van der Waals surface area contributed by atoms with E-state index in [-0.39, 0.29) is 41.7 Å². The average molecular weight is 479 g/mol. The number of ether oxygens (including phenoxy) is 1. The van der Waals surface area contributed by atoms with Crippen molar-refractivity contribution < 1.29 is 24.5 Å². The highest BCUT2D eigenvalue weighted by molar-refractivity contribution is 6.45. The molecule has 172 valence electrons. The number of benzene rings is 1. The second kappa shape index (κ2) is 7.61. The van der Waals surface area contributed by atoms with Crippen LogP contribution < -0.4 is 0 Å². The van der Waals surface area contributed by atoms with Crippen LogP contribution in [0.5, 0.6) is 11.5 Å². The van der Waals surface area contributed by atoms with Crippen LogP contribution in [0, 0.1) is 0 Å². The maximum atomic E-state index is 14.0. The molecule has 6 rings (SSSR count). The second-order valence-corrected chi connectivity index (χ2v) is 11.0. The van der Waals surface area contributed by atoms with E-state index in [1.807, 2.05) is 26.0 Å². The number of halogens is 2. The van der Waals surface area contributed by atoms with Gasteiger partial charge < -0.3 is 14.9 Å². The van der Waals surface area contributed by atoms with Crippen LogP contribution in [0.15, 0.2) is 29.4 Å². The van der Waals surface area contributed by atoms with Crippen LogP contribution in [0.3, 0.4) is 0 Å². The molecule has 0 aromatic heterocycles. The highest BCUT2D eigenvalue weighted by atomic mass is 35.5. The highest BCUT2D eigenvalue weighted by Gasteiger charge is 2.70. The van der Waals surface area contributed by atoms with Crippen molar-refractivity contribution in [3.05, 3.63) is 46.1 Å². The zero-order valence-corrected chi connectivity index (χ0v) is 20.2. The average Bonchev–Trinajstić information content (AvgIpc) is 2.70. The number of rotatable bonds is 0. The number of allylic oxidation sites excluding steroid dienone is 3. The number of phenols is 2. The summed E-state index contributed by atoms with van der Waals surface area (Å²) in [6.45, 7) is 7.43.